The Bertz CT molecular complexity index is 598. The Kier molecular flexibility index (Phi) is 30.3. The lowest BCUT2D eigenvalue weighted by Gasteiger charge is -1.99. The Hall–Kier alpha value is -1.95. The molecule has 0 saturated carbocycles. The van der Waals surface area contributed by atoms with Gasteiger partial charge < -0.3 is 21.9 Å². The van der Waals surface area contributed by atoms with Crippen molar-refractivity contribution in [3.8, 4) is 0 Å². The third-order valence-corrected chi connectivity index (χ3v) is 5.55. The van der Waals surface area contributed by atoms with E-state index in [4.69, 9.17) is 17.2 Å². The number of esters is 1. The van der Waals surface area contributed by atoms with Crippen molar-refractivity contribution in [1.82, 2.24) is 0 Å². The zero-order valence-corrected chi connectivity index (χ0v) is 22.8. The second-order valence-electron chi connectivity index (χ2n) is 8.68. The number of benzene rings is 1. The lowest BCUT2D eigenvalue weighted by Crippen LogP contribution is -2.00. The van der Waals surface area contributed by atoms with Crippen molar-refractivity contribution in [2.24, 2.45) is 17.2 Å². The summed E-state index contributed by atoms with van der Waals surface area (Å²) in [5, 5.41) is 0. The van der Waals surface area contributed by atoms with Gasteiger partial charge in [-0.3, -0.25) is 0 Å². The fraction of sp³-hybridized carbons (Fsp3) is 0.633. The number of ether oxygens (including phenoxy) is 1. The minimum atomic E-state index is -0.394. The molecule has 0 saturated heterocycles. The minimum absolute atomic E-state index is 0.394. The maximum atomic E-state index is 9.84. The third kappa shape index (κ3) is 28.2. The maximum absolute atomic E-state index is 9.84. The smallest absolute Gasteiger partial charge is 0.329 e. The molecule has 0 radical (unpaired) electrons. The quantitative estimate of drug-likeness (QED) is 0.0897. The standard InChI is InChI=1S/C18H37N.C8H12N2.C4H6O2/c1-2-3-4-5-6-7-8-9-10-11-12-13-14-15-16-17-18-19;9-5-7-2-1-3-8(4-7)6-10;1-3-4(5)6-2/h9-10H,2-8,11-19H2,1H3;1-4H,5-6,9-10H2;3H,1H2,2H3/b10-9-;;. The van der Waals surface area contributed by atoms with Crippen molar-refractivity contribution >= 4 is 5.97 Å². The Morgan fingerprint density at radius 1 is 0.800 bits per heavy atom. The van der Waals surface area contributed by atoms with E-state index in [0.717, 1.165) is 23.7 Å². The summed E-state index contributed by atoms with van der Waals surface area (Å²) in [5.41, 5.74) is 18.6. The predicted octanol–water partition coefficient (Wildman–Crippen LogP) is 6.93. The molecule has 0 bridgehead atoms. The number of methoxy groups -OCH3 is 1. The van der Waals surface area contributed by atoms with Crippen LogP contribution in [0.4, 0.5) is 0 Å². The molecule has 5 heteroatoms. The highest BCUT2D eigenvalue weighted by molar-refractivity contribution is 5.80. The van der Waals surface area contributed by atoms with Crippen molar-refractivity contribution in [2.75, 3.05) is 13.7 Å². The molecule has 0 heterocycles. The number of carbonyl (C=O) groups excluding carboxylic acids is 1. The molecule has 0 atom stereocenters. The number of carbonyl (C=O) groups is 1. The number of unbranched alkanes of at least 4 members (excludes halogenated alkanes) is 12. The van der Waals surface area contributed by atoms with Gasteiger partial charge in [0.05, 0.1) is 7.11 Å². The first kappa shape index (κ1) is 35.2. The van der Waals surface area contributed by atoms with E-state index < -0.39 is 5.97 Å². The van der Waals surface area contributed by atoms with Gasteiger partial charge >= 0.3 is 5.97 Å². The van der Waals surface area contributed by atoms with E-state index in [1.165, 1.54) is 97.0 Å². The summed E-state index contributed by atoms with van der Waals surface area (Å²) < 4.78 is 4.14. The first-order valence-corrected chi connectivity index (χ1v) is 13.6. The first-order valence-electron chi connectivity index (χ1n) is 13.6. The third-order valence-electron chi connectivity index (χ3n) is 5.55. The van der Waals surface area contributed by atoms with Gasteiger partial charge in [-0.05, 0) is 49.8 Å². The molecule has 0 aliphatic carbocycles. The molecule has 6 N–H and O–H groups in total. The van der Waals surface area contributed by atoms with Gasteiger partial charge in [0, 0.05) is 19.2 Å². The van der Waals surface area contributed by atoms with E-state index in [2.05, 4.69) is 30.4 Å². The molecule has 0 amide bonds. The average molecular weight is 490 g/mol. The topological polar surface area (TPSA) is 104 Å². The van der Waals surface area contributed by atoms with Crippen LogP contribution in [0.1, 0.15) is 108 Å². The van der Waals surface area contributed by atoms with Crippen LogP contribution in [-0.2, 0) is 22.6 Å². The highest BCUT2D eigenvalue weighted by Gasteiger charge is 1.91. The Balaban J connectivity index is 0. The molecule has 1 aromatic rings. The largest absolute Gasteiger partial charge is 0.466 e. The second kappa shape index (κ2) is 30.1. The molecule has 35 heavy (non-hydrogen) atoms. The van der Waals surface area contributed by atoms with Crippen LogP contribution in [0.15, 0.2) is 49.1 Å². The lowest BCUT2D eigenvalue weighted by molar-refractivity contribution is -0.134. The van der Waals surface area contributed by atoms with Gasteiger partial charge in [-0.2, -0.15) is 0 Å². The summed E-state index contributed by atoms with van der Waals surface area (Å²) in [6.45, 7) is 7.48. The molecule has 202 valence electrons. The van der Waals surface area contributed by atoms with Gasteiger partial charge in [0.15, 0.2) is 0 Å². The van der Waals surface area contributed by atoms with Crippen molar-refractivity contribution in [3.63, 3.8) is 0 Å². The highest BCUT2D eigenvalue weighted by Crippen LogP contribution is 2.09. The molecule has 0 aliphatic rings. The van der Waals surface area contributed by atoms with E-state index in [1.54, 1.807) is 0 Å². The highest BCUT2D eigenvalue weighted by atomic mass is 16.5. The SMILES string of the molecule is C=CC(=O)OC.CCCCCCCC/C=C\CCCCCCCCN.NCc1cccc(CN)c1. The van der Waals surface area contributed by atoms with Crippen molar-refractivity contribution in [2.45, 2.75) is 110 Å². The van der Waals surface area contributed by atoms with Crippen LogP contribution in [0.25, 0.3) is 0 Å². The fourth-order valence-electron chi connectivity index (χ4n) is 3.36. The Labute approximate surface area is 216 Å². The first-order chi connectivity index (χ1) is 17.1. The number of allylic oxidation sites excluding steroid dienone is 2. The van der Waals surface area contributed by atoms with E-state index >= 15 is 0 Å². The molecule has 0 spiro atoms. The Morgan fingerprint density at radius 2 is 1.26 bits per heavy atom. The molecule has 0 unspecified atom stereocenters. The summed E-state index contributed by atoms with van der Waals surface area (Å²) in [6, 6.07) is 8.00. The van der Waals surface area contributed by atoms with Gasteiger partial charge in [-0.15, -0.1) is 0 Å². The van der Waals surface area contributed by atoms with Crippen molar-refractivity contribution in [3.05, 3.63) is 60.2 Å². The summed E-state index contributed by atoms with van der Waals surface area (Å²) in [6.07, 6.45) is 25.0. The monoisotopic (exact) mass is 489 g/mol. The molecule has 5 nitrogen and oxygen atoms in total. The molecular formula is C30H55N3O2. The molecule has 1 rings (SSSR count). The summed E-state index contributed by atoms with van der Waals surface area (Å²) in [4.78, 5) is 9.84. The van der Waals surface area contributed by atoms with Crippen LogP contribution >= 0.6 is 0 Å². The van der Waals surface area contributed by atoms with Crippen LogP contribution in [0.3, 0.4) is 0 Å². The number of hydrogen-bond acceptors (Lipinski definition) is 5. The average Bonchev–Trinajstić information content (AvgIpc) is 2.91. The van der Waals surface area contributed by atoms with Gasteiger partial charge in [0.1, 0.15) is 0 Å². The maximum Gasteiger partial charge on any atom is 0.329 e. The molecule has 0 aliphatic heterocycles. The van der Waals surface area contributed by atoms with E-state index in [0.29, 0.717) is 13.1 Å². The molecule has 0 aromatic heterocycles. The zero-order chi connectivity index (χ0) is 26.4. The van der Waals surface area contributed by atoms with Gasteiger partial charge in [-0.25, -0.2) is 4.79 Å². The van der Waals surface area contributed by atoms with E-state index in [9.17, 15) is 4.79 Å². The van der Waals surface area contributed by atoms with Crippen LogP contribution in [0.5, 0.6) is 0 Å². The van der Waals surface area contributed by atoms with Crippen molar-refractivity contribution in [1.29, 1.82) is 0 Å². The summed E-state index contributed by atoms with van der Waals surface area (Å²) in [7, 11) is 1.31. The van der Waals surface area contributed by atoms with Gasteiger partial charge in [0.2, 0.25) is 0 Å². The second-order valence-corrected chi connectivity index (χ2v) is 8.68. The number of nitrogens with two attached hydrogens (primary N) is 3. The van der Waals surface area contributed by atoms with Crippen LogP contribution in [0, 0.1) is 0 Å². The van der Waals surface area contributed by atoms with Crippen LogP contribution in [-0.4, -0.2) is 19.6 Å². The predicted molar refractivity (Wildman–Crippen MR) is 153 cm³/mol. The molecular weight excluding hydrogens is 434 g/mol. The minimum Gasteiger partial charge on any atom is -0.466 e. The van der Waals surface area contributed by atoms with Crippen LogP contribution < -0.4 is 17.2 Å². The summed E-state index contributed by atoms with van der Waals surface area (Å²) >= 11 is 0. The number of rotatable bonds is 18. The Morgan fingerprint density at radius 3 is 1.63 bits per heavy atom. The molecule has 0 fully saturated rings. The normalized spacial score (nSPS) is 10.2. The fourth-order valence-corrected chi connectivity index (χ4v) is 3.36. The lowest BCUT2D eigenvalue weighted by atomic mass is 10.1. The van der Waals surface area contributed by atoms with E-state index in [1.807, 2.05) is 24.3 Å². The number of hydrogen-bond donors (Lipinski definition) is 3. The van der Waals surface area contributed by atoms with Crippen molar-refractivity contribution < 1.29 is 9.53 Å². The molecule has 1 aromatic carbocycles. The van der Waals surface area contributed by atoms with E-state index in [-0.39, 0.29) is 0 Å². The van der Waals surface area contributed by atoms with Gasteiger partial charge in [0.25, 0.3) is 0 Å². The van der Waals surface area contributed by atoms with Gasteiger partial charge in [-0.1, -0.05) is 108 Å². The zero-order valence-electron chi connectivity index (χ0n) is 22.8. The summed E-state index contributed by atoms with van der Waals surface area (Å²) in [5.74, 6) is -0.394. The van der Waals surface area contributed by atoms with Crippen LogP contribution in [0.2, 0.25) is 0 Å².